The molecule has 0 bridgehead atoms. The molecular weight excluding hydrogens is 594 g/mol. The van der Waals surface area contributed by atoms with Crippen molar-refractivity contribution < 1.29 is 43.2 Å². The third-order valence-corrected chi connectivity index (χ3v) is 9.16. The fraction of sp³-hybridized carbons (Fsp3) is 0.559. The zero-order valence-corrected chi connectivity index (χ0v) is 27.1. The van der Waals surface area contributed by atoms with E-state index in [2.05, 4.69) is 10.6 Å². The van der Waals surface area contributed by atoms with E-state index >= 15 is 0 Å². The summed E-state index contributed by atoms with van der Waals surface area (Å²) < 4.78 is 28.3. The normalized spacial score (nSPS) is 24.9. The van der Waals surface area contributed by atoms with Crippen LogP contribution in [0.3, 0.4) is 0 Å². The monoisotopic (exact) mass is 639 g/mol. The molecule has 3 aliphatic rings. The molecule has 5 rings (SSSR count). The Labute approximate surface area is 269 Å². The van der Waals surface area contributed by atoms with Crippen molar-refractivity contribution in [1.29, 1.82) is 0 Å². The summed E-state index contributed by atoms with van der Waals surface area (Å²) >= 11 is 0. The number of nitrogens with zero attached hydrogens (tertiary/aromatic N) is 1. The van der Waals surface area contributed by atoms with Crippen LogP contribution in [0, 0.1) is 19.8 Å². The lowest BCUT2D eigenvalue weighted by Gasteiger charge is -2.32. The van der Waals surface area contributed by atoms with Gasteiger partial charge in [-0.2, -0.15) is 0 Å². The number of hydrogen-bond donors (Lipinski definition) is 3. The lowest BCUT2D eigenvalue weighted by Crippen LogP contribution is -2.59. The number of aliphatic hydroxyl groups is 1. The number of fused-ring (bicyclic) bond motifs is 1. The van der Waals surface area contributed by atoms with Crippen molar-refractivity contribution in [3.05, 3.63) is 64.7 Å². The summed E-state index contributed by atoms with van der Waals surface area (Å²) in [5.74, 6) is -0.667. The minimum atomic E-state index is -1.73. The van der Waals surface area contributed by atoms with Crippen molar-refractivity contribution in [3.63, 3.8) is 0 Å². The second kappa shape index (κ2) is 14.4. The van der Waals surface area contributed by atoms with Crippen LogP contribution in [0.25, 0.3) is 0 Å². The Bertz CT molecular complexity index is 1400. The Morgan fingerprint density at radius 2 is 1.85 bits per heavy atom. The van der Waals surface area contributed by atoms with Gasteiger partial charge in [-0.25, -0.2) is 4.79 Å². The van der Waals surface area contributed by atoms with Crippen molar-refractivity contribution in [2.45, 2.75) is 89.7 Å². The van der Waals surface area contributed by atoms with Gasteiger partial charge in [0.15, 0.2) is 12.4 Å². The Balaban J connectivity index is 1.32. The molecule has 3 saturated heterocycles. The van der Waals surface area contributed by atoms with Crippen LogP contribution in [0.1, 0.15) is 48.9 Å². The van der Waals surface area contributed by atoms with E-state index < -0.39 is 54.1 Å². The number of ether oxygens (including phenoxy) is 5. The second-order valence-corrected chi connectivity index (χ2v) is 12.7. The SMILES string of the molecule is COc1cccc(C[C@H](NC(=O)O[C@H]2CO[C@H]3OCCC[C@H]32)[C@H](O)C(=O)N2COC(C)(C)[C@@H]2C(=O)NCc2c(C)cccc2C)c1. The molecule has 3 heterocycles. The molecule has 250 valence electrons. The van der Waals surface area contributed by atoms with Gasteiger partial charge < -0.3 is 44.3 Å². The van der Waals surface area contributed by atoms with E-state index in [0.29, 0.717) is 17.9 Å². The first kappa shape index (κ1) is 33.6. The summed E-state index contributed by atoms with van der Waals surface area (Å²) in [6.45, 7) is 8.27. The van der Waals surface area contributed by atoms with Gasteiger partial charge in [0.2, 0.25) is 5.91 Å². The zero-order chi connectivity index (χ0) is 33.0. The van der Waals surface area contributed by atoms with Crippen LogP contribution in [0.5, 0.6) is 5.75 Å². The molecule has 3 N–H and O–H groups in total. The highest BCUT2D eigenvalue weighted by atomic mass is 16.7. The lowest BCUT2D eigenvalue weighted by molar-refractivity contribution is -0.152. The Hall–Kier alpha value is -3.71. The molecule has 3 aliphatic heterocycles. The molecule has 3 amide bonds. The number of aliphatic hydroxyl groups excluding tert-OH is 1. The van der Waals surface area contributed by atoms with Gasteiger partial charge >= 0.3 is 6.09 Å². The van der Waals surface area contributed by atoms with Crippen LogP contribution < -0.4 is 15.4 Å². The number of aryl methyl sites for hydroxylation is 2. The van der Waals surface area contributed by atoms with E-state index in [1.807, 2.05) is 32.0 Å². The van der Waals surface area contributed by atoms with E-state index in [1.54, 1.807) is 38.1 Å². The predicted molar refractivity (Wildman–Crippen MR) is 167 cm³/mol. The highest BCUT2D eigenvalue weighted by Crippen LogP contribution is 2.33. The molecule has 0 spiro atoms. The van der Waals surface area contributed by atoms with E-state index in [-0.39, 0.29) is 32.2 Å². The third kappa shape index (κ3) is 7.46. The van der Waals surface area contributed by atoms with Gasteiger partial charge in [-0.3, -0.25) is 9.59 Å². The van der Waals surface area contributed by atoms with Gasteiger partial charge in [-0.15, -0.1) is 0 Å². The van der Waals surface area contributed by atoms with E-state index in [0.717, 1.165) is 29.5 Å². The van der Waals surface area contributed by atoms with Crippen LogP contribution in [0.4, 0.5) is 4.79 Å². The quantitative estimate of drug-likeness (QED) is 0.357. The largest absolute Gasteiger partial charge is 0.497 e. The standard InChI is InChI=1S/C34H45N3O9/c1-20-9-6-10-21(2)25(20)17-35-30(39)29-34(3,4)45-19-37(29)31(40)28(38)26(16-22-11-7-12-23(15-22)42-5)36-33(41)46-27-18-44-32-24(27)13-8-14-43-32/h6-7,9-12,15,24,26-29,32,38H,8,13-14,16-19H2,1-5H3,(H,35,39)(H,36,41)/t24-,26-,27-,28-,29-,32+/m0/s1. The van der Waals surface area contributed by atoms with Crippen molar-refractivity contribution >= 4 is 17.9 Å². The summed E-state index contributed by atoms with van der Waals surface area (Å²) in [6, 6.07) is 10.9. The maximum atomic E-state index is 14.0. The predicted octanol–water partition coefficient (Wildman–Crippen LogP) is 2.74. The number of rotatable bonds is 10. The zero-order valence-electron chi connectivity index (χ0n) is 27.1. The Morgan fingerprint density at radius 1 is 1.11 bits per heavy atom. The molecule has 2 aromatic carbocycles. The number of benzene rings is 2. The minimum Gasteiger partial charge on any atom is -0.497 e. The maximum absolute atomic E-state index is 14.0. The van der Waals surface area contributed by atoms with Gasteiger partial charge in [0.05, 0.1) is 25.4 Å². The highest BCUT2D eigenvalue weighted by molar-refractivity contribution is 5.91. The van der Waals surface area contributed by atoms with Gasteiger partial charge in [0.25, 0.3) is 5.91 Å². The van der Waals surface area contributed by atoms with Gasteiger partial charge in [0.1, 0.15) is 24.6 Å². The van der Waals surface area contributed by atoms with Crippen LogP contribution in [-0.4, -0.2) is 91.2 Å². The Morgan fingerprint density at radius 3 is 2.59 bits per heavy atom. The number of carbonyl (C=O) groups excluding carboxylic acids is 3. The van der Waals surface area contributed by atoms with Crippen molar-refractivity contribution in [3.8, 4) is 5.75 Å². The number of methoxy groups -OCH3 is 1. The summed E-state index contributed by atoms with van der Waals surface area (Å²) in [5.41, 5.74) is 2.75. The molecule has 0 aliphatic carbocycles. The van der Waals surface area contributed by atoms with E-state index in [9.17, 15) is 19.5 Å². The first-order valence-electron chi connectivity index (χ1n) is 15.8. The average Bonchev–Trinajstić information content (AvgIpc) is 3.59. The van der Waals surface area contributed by atoms with E-state index in [1.165, 1.54) is 12.0 Å². The summed E-state index contributed by atoms with van der Waals surface area (Å²) in [6.07, 6.45) is -1.73. The maximum Gasteiger partial charge on any atom is 0.407 e. The minimum absolute atomic E-state index is 0.0804. The van der Waals surface area contributed by atoms with Gasteiger partial charge in [-0.1, -0.05) is 30.3 Å². The molecule has 0 unspecified atom stereocenters. The number of hydrogen-bond acceptors (Lipinski definition) is 9. The molecule has 0 saturated carbocycles. The molecule has 46 heavy (non-hydrogen) atoms. The van der Waals surface area contributed by atoms with Crippen LogP contribution in [0.2, 0.25) is 0 Å². The number of carbonyl (C=O) groups is 3. The van der Waals surface area contributed by atoms with Crippen LogP contribution in [0.15, 0.2) is 42.5 Å². The summed E-state index contributed by atoms with van der Waals surface area (Å²) in [7, 11) is 1.54. The molecule has 6 atom stereocenters. The third-order valence-electron chi connectivity index (χ3n) is 9.16. The molecule has 0 aromatic heterocycles. The first-order valence-corrected chi connectivity index (χ1v) is 15.8. The van der Waals surface area contributed by atoms with E-state index in [4.69, 9.17) is 23.7 Å². The van der Waals surface area contributed by atoms with Crippen molar-refractivity contribution in [2.24, 2.45) is 5.92 Å². The van der Waals surface area contributed by atoms with Crippen LogP contribution >= 0.6 is 0 Å². The van der Waals surface area contributed by atoms with Crippen molar-refractivity contribution in [2.75, 3.05) is 27.1 Å². The molecule has 2 aromatic rings. The fourth-order valence-corrected chi connectivity index (χ4v) is 6.52. The highest BCUT2D eigenvalue weighted by Gasteiger charge is 2.50. The van der Waals surface area contributed by atoms with Gasteiger partial charge in [0, 0.05) is 19.1 Å². The number of alkyl carbamates (subject to hydrolysis) is 1. The average molecular weight is 640 g/mol. The summed E-state index contributed by atoms with van der Waals surface area (Å²) in [4.78, 5) is 42.0. The number of amides is 3. The fourth-order valence-electron chi connectivity index (χ4n) is 6.52. The van der Waals surface area contributed by atoms with Gasteiger partial charge in [-0.05, 0) is 81.3 Å². The molecular formula is C34H45N3O9. The Kier molecular flexibility index (Phi) is 10.5. The smallest absolute Gasteiger partial charge is 0.407 e. The molecule has 12 heteroatoms. The second-order valence-electron chi connectivity index (χ2n) is 12.7. The topological polar surface area (TPSA) is 145 Å². The van der Waals surface area contributed by atoms with Crippen molar-refractivity contribution in [1.82, 2.24) is 15.5 Å². The molecule has 0 radical (unpaired) electrons. The first-order chi connectivity index (χ1) is 22.0. The molecule has 3 fully saturated rings. The number of nitrogens with one attached hydrogen (secondary N) is 2. The van der Waals surface area contributed by atoms with Crippen LogP contribution in [-0.2, 0) is 41.5 Å². The molecule has 12 nitrogen and oxygen atoms in total. The summed E-state index contributed by atoms with van der Waals surface area (Å²) in [5, 5.41) is 17.2. The lowest BCUT2D eigenvalue weighted by atomic mass is 9.95.